The number of nitrogens with zero attached hydrogens (tertiary/aromatic N) is 1. The number of aliphatic hydroxyl groups excluding tert-OH is 1. The highest BCUT2D eigenvalue weighted by Gasteiger charge is 2.76. The van der Waals surface area contributed by atoms with Crippen molar-refractivity contribution in [3.05, 3.63) is 35.9 Å². The zero-order valence-electron chi connectivity index (χ0n) is 19.2. The van der Waals surface area contributed by atoms with Gasteiger partial charge < -0.3 is 20.6 Å². The molecule has 8 atom stereocenters. The van der Waals surface area contributed by atoms with Gasteiger partial charge in [-0.05, 0) is 17.9 Å². The summed E-state index contributed by atoms with van der Waals surface area (Å²) in [4.78, 5) is 42.3. The van der Waals surface area contributed by atoms with Gasteiger partial charge in [0.15, 0.2) is 0 Å². The minimum Gasteiger partial charge on any atom is -0.394 e. The summed E-state index contributed by atoms with van der Waals surface area (Å²) in [6.45, 7) is 4.14. The van der Waals surface area contributed by atoms with Crippen LogP contribution in [0.3, 0.4) is 0 Å². The number of benzene rings is 1. The molecule has 3 heterocycles. The number of carbonyl (C=O) groups excluding carboxylic acids is 3. The van der Waals surface area contributed by atoms with E-state index in [4.69, 9.17) is 0 Å². The number of hydrogen-bond acceptors (Lipinski definition) is 5. The van der Waals surface area contributed by atoms with E-state index in [9.17, 15) is 19.5 Å². The average Bonchev–Trinajstić information content (AvgIpc) is 3.42. The van der Waals surface area contributed by atoms with Crippen molar-refractivity contribution >= 4 is 45.4 Å². The van der Waals surface area contributed by atoms with Gasteiger partial charge in [-0.15, -0.1) is 11.8 Å². The molecule has 1 spiro atoms. The highest BCUT2D eigenvalue weighted by Crippen LogP contribution is 2.68. The largest absolute Gasteiger partial charge is 0.394 e. The Balaban J connectivity index is 1.73. The molecule has 3 fully saturated rings. The number of aliphatic hydroxyl groups is 1. The zero-order valence-corrected chi connectivity index (χ0v) is 21.6. The minimum absolute atomic E-state index is 0.0130. The van der Waals surface area contributed by atoms with Crippen LogP contribution in [0.5, 0.6) is 0 Å². The molecule has 2 bridgehead atoms. The first-order chi connectivity index (χ1) is 15.8. The first-order valence-corrected chi connectivity index (χ1v) is 13.4. The van der Waals surface area contributed by atoms with E-state index in [2.05, 4.69) is 26.6 Å². The maximum absolute atomic E-state index is 13.9. The number of rotatable bonds is 8. The smallest absolute Gasteiger partial charge is 0.244 e. The summed E-state index contributed by atoms with van der Waals surface area (Å²) in [5.41, 5.74) is 0.974. The van der Waals surface area contributed by atoms with E-state index in [0.717, 1.165) is 12.0 Å². The first-order valence-electron chi connectivity index (χ1n) is 11.6. The zero-order chi connectivity index (χ0) is 23.9. The summed E-state index contributed by atoms with van der Waals surface area (Å²) in [6, 6.07) is 8.44. The van der Waals surface area contributed by atoms with Gasteiger partial charge in [-0.2, -0.15) is 0 Å². The lowest BCUT2D eigenvalue weighted by Crippen LogP contribution is -2.58. The second-order valence-electron chi connectivity index (χ2n) is 9.36. The Bertz CT molecular complexity index is 918. The molecule has 33 heavy (non-hydrogen) atoms. The van der Waals surface area contributed by atoms with Gasteiger partial charge in [0.25, 0.3) is 0 Å². The number of fused-ring (bicyclic) bond motifs is 1. The van der Waals surface area contributed by atoms with Crippen molar-refractivity contribution in [2.75, 3.05) is 13.7 Å². The summed E-state index contributed by atoms with van der Waals surface area (Å²) in [7, 11) is 1.59. The highest BCUT2D eigenvalue weighted by atomic mass is 79.9. The molecule has 3 saturated heterocycles. The molecule has 3 N–H and O–H groups in total. The van der Waals surface area contributed by atoms with Crippen molar-refractivity contribution in [2.24, 2.45) is 17.8 Å². The number of thioether (sulfide) groups is 1. The molecule has 0 aromatic heterocycles. The molecule has 180 valence electrons. The summed E-state index contributed by atoms with van der Waals surface area (Å²) in [5.74, 6) is -1.63. The molecule has 0 saturated carbocycles. The van der Waals surface area contributed by atoms with Gasteiger partial charge in [0.05, 0.1) is 29.2 Å². The Morgan fingerprint density at radius 3 is 2.61 bits per heavy atom. The van der Waals surface area contributed by atoms with Crippen LogP contribution < -0.4 is 10.6 Å². The molecule has 9 heteroatoms. The van der Waals surface area contributed by atoms with Crippen LogP contribution in [0.25, 0.3) is 0 Å². The molecule has 3 unspecified atom stereocenters. The molecule has 3 aliphatic heterocycles. The molecule has 1 aromatic rings. The van der Waals surface area contributed by atoms with E-state index in [1.54, 1.807) is 23.7 Å². The van der Waals surface area contributed by atoms with Crippen LogP contribution in [0.15, 0.2) is 30.3 Å². The number of alkyl halides is 1. The van der Waals surface area contributed by atoms with Gasteiger partial charge in [0.1, 0.15) is 6.04 Å². The van der Waals surface area contributed by atoms with Crippen LogP contribution in [0.2, 0.25) is 0 Å². The van der Waals surface area contributed by atoms with Crippen LogP contribution in [0.4, 0.5) is 0 Å². The summed E-state index contributed by atoms with van der Waals surface area (Å²) in [5, 5.41) is 16.0. The Kier molecular flexibility index (Phi) is 7.13. The number of halogens is 1. The standard InChI is InChI=1S/C24H32BrN3O4S/c1-4-13(2)16(12-29)28-20(22(31)27-11-14-8-6-5-7-9-14)24-10-15(25)19(33-24)17(21(30)26-3)18(24)23(28)32/h5-9,13,15-20,29H,4,10-12H2,1-3H3,(H,26,30)(H,27,31)/t13-,15?,16-,17-,18-,19-,20?,24?/m0/s1. The normalized spacial score (nSPS) is 34.2. The molecule has 0 aliphatic carbocycles. The van der Waals surface area contributed by atoms with Gasteiger partial charge in [-0.3, -0.25) is 14.4 Å². The van der Waals surface area contributed by atoms with Gasteiger partial charge in [0, 0.05) is 23.7 Å². The third-order valence-electron chi connectivity index (χ3n) is 7.68. The van der Waals surface area contributed by atoms with E-state index in [0.29, 0.717) is 13.0 Å². The Labute approximate surface area is 207 Å². The Morgan fingerprint density at radius 2 is 2.00 bits per heavy atom. The molecular weight excluding hydrogens is 506 g/mol. The monoisotopic (exact) mass is 537 g/mol. The van der Waals surface area contributed by atoms with Crippen LogP contribution in [-0.2, 0) is 20.9 Å². The lowest BCUT2D eigenvalue weighted by atomic mass is 9.70. The van der Waals surface area contributed by atoms with Crippen molar-refractivity contribution in [2.45, 2.75) is 60.1 Å². The molecule has 0 radical (unpaired) electrons. The average molecular weight is 539 g/mol. The predicted octanol–water partition coefficient (Wildman–Crippen LogP) is 1.92. The maximum Gasteiger partial charge on any atom is 0.244 e. The third kappa shape index (κ3) is 3.90. The third-order valence-corrected chi connectivity index (χ3v) is 10.9. The molecular formula is C24H32BrN3O4S. The summed E-state index contributed by atoms with van der Waals surface area (Å²) in [6.07, 6.45) is 1.39. The number of amides is 3. The lowest BCUT2D eigenvalue weighted by Gasteiger charge is -2.39. The van der Waals surface area contributed by atoms with Crippen molar-refractivity contribution in [3.63, 3.8) is 0 Å². The van der Waals surface area contributed by atoms with E-state index in [-0.39, 0.29) is 40.3 Å². The number of likely N-dealkylation sites (tertiary alicyclic amines) is 1. The minimum atomic E-state index is -0.741. The van der Waals surface area contributed by atoms with Gasteiger partial charge >= 0.3 is 0 Å². The van der Waals surface area contributed by atoms with Crippen LogP contribution >= 0.6 is 27.7 Å². The SMILES string of the molecule is CC[C@H](C)[C@H](CO)N1C(=O)[C@@H]2[C@H](C(=O)NC)[C@H]3SC2(CC3Br)C1C(=O)NCc1ccccc1. The fourth-order valence-corrected chi connectivity index (χ4v) is 9.49. The maximum atomic E-state index is 13.9. The Morgan fingerprint density at radius 1 is 1.30 bits per heavy atom. The number of nitrogens with one attached hydrogen (secondary N) is 2. The van der Waals surface area contributed by atoms with Crippen LogP contribution in [0.1, 0.15) is 32.3 Å². The van der Waals surface area contributed by atoms with E-state index in [1.807, 2.05) is 44.2 Å². The fraction of sp³-hybridized carbons (Fsp3) is 0.625. The summed E-state index contributed by atoms with van der Waals surface area (Å²) >= 11 is 5.35. The van der Waals surface area contributed by atoms with Gasteiger partial charge in [-0.25, -0.2) is 0 Å². The van der Waals surface area contributed by atoms with Crippen LogP contribution in [0, 0.1) is 17.8 Å². The number of carbonyl (C=O) groups is 3. The first kappa shape index (κ1) is 24.5. The van der Waals surface area contributed by atoms with Crippen molar-refractivity contribution < 1.29 is 19.5 Å². The lowest BCUT2D eigenvalue weighted by molar-refractivity contribution is -0.143. The Hall–Kier alpha value is -1.58. The van der Waals surface area contributed by atoms with Crippen molar-refractivity contribution in [1.82, 2.24) is 15.5 Å². The van der Waals surface area contributed by atoms with Crippen molar-refractivity contribution in [3.8, 4) is 0 Å². The van der Waals surface area contributed by atoms with Crippen LogP contribution in [-0.4, -0.2) is 68.3 Å². The molecule has 3 aliphatic rings. The topological polar surface area (TPSA) is 98.7 Å². The molecule has 4 rings (SSSR count). The quantitative estimate of drug-likeness (QED) is 0.440. The van der Waals surface area contributed by atoms with Gasteiger partial charge in [0.2, 0.25) is 17.7 Å². The van der Waals surface area contributed by atoms with Crippen molar-refractivity contribution in [1.29, 1.82) is 0 Å². The second-order valence-corrected chi connectivity index (χ2v) is 12.1. The molecule has 3 amide bonds. The van der Waals surface area contributed by atoms with E-state index >= 15 is 0 Å². The second kappa shape index (κ2) is 9.58. The predicted molar refractivity (Wildman–Crippen MR) is 132 cm³/mol. The highest BCUT2D eigenvalue weighted by molar-refractivity contribution is 9.09. The van der Waals surface area contributed by atoms with E-state index in [1.165, 1.54) is 0 Å². The van der Waals surface area contributed by atoms with E-state index < -0.39 is 28.7 Å². The molecule has 7 nitrogen and oxygen atoms in total. The summed E-state index contributed by atoms with van der Waals surface area (Å²) < 4.78 is -0.700. The fourth-order valence-electron chi connectivity index (χ4n) is 5.89. The van der Waals surface area contributed by atoms with Gasteiger partial charge in [-0.1, -0.05) is 66.5 Å². The molecule has 1 aromatic carbocycles. The number of hydrogen-bond donors (Lipinski definition) is 3.